The Morgan fingerprint density at radius 3 is 2.11 bits per heavy atom. The number of hydrogen-bond donors (Lipinski definition) is 1. The largest absolute Gasteiger partial charge is 0.508 e. The molecule has 1 aliphatic rings. The van der Waals surface area contributed by atoms with Crippen molar-refractivity contribution in [1.29, 1.82) is 0 Å². The van der Waals surface area contributed by atoms with Crippen molar-refractivity contribution in [3.05, 3.63) is 29.8 Å². The molecule has 0 amide bonds. The average Bonchev–Trinajstić information content (AvgIpc) is 2.33. The predicted molar refractivity (Wildman–Crippen MR) is 74.7 cm³/mol. The summed E-state index contributed by atoms with van der Waals surface area (Å²) in [5.41, 5.74) is 1.24. The highest BCUT2D eigenvalue weighted by atomic mass is 16.5. The molecule has 1 aromatic carbocycles. The first-order chi connectivity index (χ1) is 8.63. The fourth-order valence-corrected chi connectivity index (χ4v) is 2.27. The SMILES string of the molecule is CC.CC1CN(Cc2ccc(O)cc2)CC(C)O1. The Morgan fingerprint density at radius 2 is 1.61 bits per heavy atom. The minimum Gasteiger partial charge on any atom is -0.508 e. The average molecular weight is 251 g/mol. The molecule has 18 heavy (non-hydrogen) atoms. The highest BCUT2D eigenvalue weighted by Crippen LogP contribution is 2.16. The monoisotopic (exact) mass is 251 g/mol. The fraction of sp³-hybridized carbons (Fsp3) is 0.600. The molecule has 3 heteroatoms. The molecular formula is C15H25NO2. The van der Waals surface area contributed by atoms with Gasteiger partial charge in [-0.25, -0.2) is 0 Å². The summed E-state index contributed by atoms with van der Waals surface area (Å²) in [7, 11) is 0. The van der Waals surface area contributed by atoms with E-state index in [2.05, 4.69) is 18.7 Å². The lowest BCUT2D eigenvalue weighted by Gasteiger charge is -2.35. The summed E-state index contributed by atoms with van der Waals surface area (Å²) in [5, 5.41) is 9.21. The van der Waals surface area contributed by atoms with E-state index < -0.39 is 0 Å². The first-order valence-corrected chi connectivity index (χ1v) is 6.79. The summed E-state index contributed by atoms with van der Waals surface area (Å²) in [5.74, 6) is 0.326. The number of nitrogens with zero attached hydrogens (tertiary/aromatic N) is 1. The first-order valence-electron chi connectivity index (χ1n) is 6.79. The summed E-state index contributed by atoms with van der Waals surface area (Å²) >= 11 is 0. The zero-order chi connectivity index (χ0) is 13.5. The van der Waals surface area contributed by atoms with Crippen LogP contribution in [0.15, 0.2) is 24.3 Å². The van der Waals surface area contributed by atoms with Crippen molar-refractivity contribution in [2.75, 3.05) is 13.1 Å². The maximum Gasteiger partial charge on any atom is 0.115 e. The molecule has 3 nitrogen and oxygen atoms in total. The lowest BCUT2D eigenvalue weighted by molar-refractivity contribution is -0.0704. The van der Waals surface area contributed by atoms with Crippen molar-refractivity contribution in [3.8, 4) is 5.75 Å². The molecule has 0 saturated carbocycles. The van der Waals surface area contributed by atoms with Crippen molar-refractivity contribution in [2.45, 2.75) is 46.4 Å². The van der Waals surface area contributed by atoms with E-state index >= 15 is 0 Å². The summed E-state index contributed by atoms with van der Waals surface area (Å²) in [6.07, 6.45) is 0.613. The quantitative estimate of drug-likeness (QED) is 0.877. The Labute approximate surface area is 110 Å². The molecule has 2 atom stereocenters. The van der Waals surface area contributed by atoms with E-state index in [1.165, 1.54) is 5.56 Å². The van der Waals surface area contributed by atoms with Crippen LogP contribution >= 0.6 is 0 Å². The molecule has 1 aromatic rings. The number of morpholine rings is 1. The van der Waals surface area contributed by atoms with E-state index in [0.717, 1.165) is 19.6 Å². The fourth-order valence-electron chi connectivity index (χ4n) is 2.27. The molecule has 1 saturated heterocycles. The number of aromatic hydroxyl groups is 1. The molecule has 1 fully saturated rings. The van der Waals surface area contributed by atoms with E-state index in [0.29, 0.717) is 18.0 Å². The van der Waals surface area contributed by atoms with Crippen LogP contribution in [0, 0.1) is 0 Å². The van der Waals surface area contributed by atoms with Gasteiger partial charge in [0.05, 0.1) is 12.2 Å². The molecule has 102 valence electrons. The van der Waals surface area contributed by atoms with Gasteiger partial charge in [-0.05, 0) is 31.5 Å². The van der Waals surface area contributed by atoms with Crippen LogP contribution < -0.4 is 0 Å². The molecule has 0 aromatic heterocycles. The van der Waals surface area contributed by atoms with E-state index in [4.69, 9.17) is 4.74 Å². The highest BCUT2D eigenvalue weighted by Gasteiger charge is 2.21. The number of rotatable bonds is 2. The van der Waals surface area contributed by atoms with Gasteiger partial charge in [0.2, 0.25) is 0 Å². The van der Waals surface area contributed by atoms with Crippen LogP contribution in [0.3, 0.4) is 0 Å². The normalized spacial score (nSPS) is 24.2. The Hall–Kier alpha value is -1.06. The second-order valence-corrected chi connectivity index (χ2v) is 4.62. The van der Waals surface area contributed by atoms with Crippen LogP contribution in [0.2, 0.25) is 0 Å². The number of phenolic OH excluding ortho intramolecular Hbond substituents is 1. The van der Waals surface area contributed by atoms with E-state index in [-0.39, 0.29) is 0 Å². The van der Waals surface area contributed by atoms with Crippen LogP contribution in [0.4, 0.5) is 0 Å². The minimum absolute atomic E-state index is 0.306. The number of hydrogen-bond acceptors (Lipinski definition) is 3. The first kappa shape index (κ1) is 15.0. The third-order valence-corrected chi connectivity index (χ3v) is 2.84. The molecule has 0 radical (unpaired) electrons. The van der Waals surface area contributed by atoms with Gasteiger partial charge < -0.3 is 9.84 Å². The maximum absolute atomic E-state index is 9.21. The molecule has 2 unspecified atom stereocenters. The number of ether oxygens (including phenoxy) is 1. The lowest BCUT2D eigenvalue weighted by atomic mass is 10.1. The van der Waals surface area contributed by atoms with Gasteiger partial charge in [-0.15, -0.1) is 0 Å². The molecular weight excluding hydrogens is 226 g/mol. The second kappa shape index (κ2) is 7.39. The maximum atomic E-state index is 9.21. The zero-order valence-electron chi connectivity index (χ0n) is 11.9. The van der Waals surface area contributed by atoms with Gasteiger partial charge in [0, 0.05) is 19.6 Å². The number of phenols is 1. The second-order valence-electron chi connectivity index (χ2n) is 4.62. The minimum atomic E-state index is 0.306. The molecule has 0 aliphatic carbocycles. The Kier molecular flexibility index (Phi) is 6.16. The van der Waals surface area contributed by atoms with Crippen molar-refractivity contribution >= 4 is 0 Å². The molecule has 0 spiro atoms. The predicted octanol–water partition coefficient (Wildman–Crippen LogP) is 3.03. The van der Waals surface area contributed by atoms with E-state index in [9.17, 15) is 5.11 Å². The van der Waals surface area contributed by atoms with Gasteiger partial charge in [0.15, 0.2) is 0 Å². The summed E-state index contributed by atoms with van der Waals surface area (Å²) in [6, 6.07) is 7.42. The van der Waals surface area contributed by atoms with Crippen molar-refractivity contribution in [3.63, 3.8) is 0 Å². The summed E-state index contributed by atoms with van der Waals surface area (Å²) in [4.78, 5) is 2.39. The van der Waals surface area contributed by atoms with Gasteiger partial charge in [-0.3, -0.25) is 4.90 Å². The number of benzene rings is 1. The standard InChI is InChI=1S/C13H19NO2.C2H6/c1-10-7-14(8-11(2)16-10)9-12-3-5-13(15)6-4-12;1-2/h3-6,10-11,15H,7-9H2,1-2H3;1-2H3. The Morgan fingerprint density at radius 1 is 1.11 bits per heavy atom. The van der Waals surface area contributed by atoms with E-state index in [1.54, 1.807) is 12.1 Å². The smallest absolute Gasteiger partial charge is 0.115 e. The highest BCUT2D eigenvalue weighted by molar-refractivity contribution is 5.25. The Bertz CT molecular complexity index is 327. The topological polar surface area (TPSA) is 32.7 Å². The van der Waals surface area contributed by atoms with Gasteiger partial charge in [0.25, 0.3) is 0 Å². The zero-order valence-corrected chi connectivity index (χ0v) is 11.9. The van der Waals surface area contributed by atoms with Gasteiger partial charge >= 0.3 is 0 Å². The molecule has 0 bridgehead atoms. The Balaban J connectivity index is 0.000000771. The van der Waals surface area contributed by atoms with Crippen LogP contribution in [0.1, 0.15) is 33.3 Å². The molecule has 1 N–H and O–H groups in total. The third-order valence-electron chi connectivity index (χ3n) is 2.84. The van der Waals surface area contributed by atoms with Gasteiger partial charge in [-0.1, -0.05) is 26.0 Å². The van der Waals surface area contributed by atoms with Crippen LogP contribution in [-0.4, -0.2) is 35.3 Å². The molecule has 1 aliphatic heterocycles. The van der Waals surface area contributed by atoms with E-state index in [1.807, 2.05) is 26.0 Å². The van der Waals surface area contributed by atoms with Crippen molar-refractivity contribution in [2.24, 2.45) is 0 Å². The molecule has 2 rings (SSSR count). The van der Waals surface area contributed by atoms with Gasteiger partial charge in [0.1, 0.15) is 5.75 Å². The van der Waals surface area contributed by atoms with Crippen LogP contribution in [-0.2, 0) is 11.3 Å². The van der Waals surface area contributed by atoms with Crippen molar-refractivity contribution < 1.29 is 9.84 Å². The third kappa shape index (κ3) is 4.67. The molecule has 1 heterocycles. The summed E-state index contributed by atoms with van der Waals surface area (Å²) < 4.78 is 5.69. The lowest BCUT2D eigenvalue weighted by Crippen LogP contribution is -2.44. The summed E-state index contributed by atoms with van der Waals surface area (Å²) in [6.45, 7) is 11.1. The van der Waals surface area contributed by atoms with Gasteiger partial charge in [-0.2, -0.15) is 0 Å². The van der Waals surface area contributed by atoms with Crippen molar-refractivity contribution in [1.82, 2.24) is 4.90 Å². The van der Waals surface area contributed by atoms with Crippen LogP contribution in [0.5, 0.6) is 5.75 Å². The van der Waals surface area contributed by atoms with Crippen LogP contribution in [0.25, 0.3) is 0 Å².